The van der Waals surface area contributed by atoms with Crippen molar-refractivity contribution >= 4 is 9.84 Å². The molecule has 0 spiro atoms. The molecule has 3 rings (SSSR count). The van der Waals surface area contributed by atoms with Gasteiger partial charge in [-0.1, -0.05) is 6.08 Å². The fraction of sp³-hybridized carbons (Fsp3) is 0.364. The number of alkyl halides is 3. The van der Waals surface area contributed by atoms with Gasteiger partial charge in [0.1, 0.15) is 16.4 Å². The molecular formula is C22H21F5O4S. The zero-order valence-corrected chi connectivity index (χ0v) is 17.7. The van der Waals surface area contributed by atoms with Crippen LogP contribution >= 0.6 is 0 Å². The van der Waals surface area contributed by atoms with E-state index in [2.05, 4.69) is 6.58 Å². The van der Waals surface area contributed by atoms with Crippen LogP contribution in [0.25, 0.3) is 0 Å². The van der Waals surface area contributed by atoms with Crippen molar-refractivity contribution in [1.29, 1.82) is 0 Å². The van der Waals surface area contributed by atoms with Gasteiger partial charge in [0, 0.05) is 12.0 Å². The number of hydrogen-bond donors (Lipinski definition) is 0. The monoisotopic (exact) mass is 476 g/mol. The highest BCUT2D eigenvalue weighted by Crippen LogP contribution is 2.45. The van der Waals surface area contributed by atoms with Crippen LogP contribution in [0.5, 0.6) is 0 Å². The lowest BCUT2D eigenvalue weighted by Gasteiger charge is -2.34. The first-order valence-electron chi connectivity index (χ1n) is 9.73. The van der Waals surface area contributed by atoms with Gasteiger partial charge in [0.05, 0.1) is 23.7 Å². The van der Waals surface area contributed by atoms with Crippen LogP contribution in [-0.2, 0) is 30.2 Å². The van der Waals surface area contributed by atoms with Crippen molar-refractivity contribution in [2.24, 2.45) is 0 Å². The standard InChI is InChI=1S/C22H21F5O4S/c1-2-10-21(11-9-20-30-12-13-31-20,18-14-16(23)5-8-19(18)24)32(28,29)17-6-3-15(4-7-17)22(25,26)27/h2-8,14,20H,1,9-13H2. The summed E-state index contributed by atoms with van der Waals surface area (Å²) in [4.78, 5) is -0.454. The molecule has 32 heavy (non-hydrogen) atoms. The van der Waals surface area contributed by atoms with E-state index >= 15 is 0 Å². The molecule has 0 N–H and O–H groups in total. The molecule has 2 aromatic rings. The molecule has 0 radical (unpaired) electrons. The van der Waals surface area contributed by atoms with E-state index in [1.807, 2.05) is 0 Å². The lowest BCUT2D eigenvalue weighted by atomic mass is 9.89. The van der Waals surface area contributed by atoms with Crippen molar-refractivity contribution in [1.82, 2.24) is 0 Å². The highest BCUT2D eigenvalue weighted by atomic mass is 32.2. The zero-order valence-electron chi connectivity index (χ0n) is 16.9. The van der Waals surface area contributed by atoms with Crippen LogP contribution < -0.4 is 0 Å². The second-order valence-corrected chi connectivity index (χ2v) is 9.61. The number of hydrogen-bond acceptors (Lipinski definition) is 4. The quantitative estimate of drug-likeness (QED) is 0.379. The third kappa shape index (κ3) is 4.72. The Kier molecular flexibility index (Phi) is 7.06. The highest BCUT2D eigenvalue weighted by Gasteiger charge is 2.48. The summed E-state index contributed by atoms with van der Waals surface area (Å²) < 4.78 is 104. The van der Waals surface area contributed by atoms with Crippen molar-refractivity contribution < 1.29 is 39.8 Å². The smallest absolute Gasteiger partial charge is 0.350 e. The van der Waals surface area contributed by atoms with Crippen molar-refractivity contribution in [2.75, 3.05) is 13.2 Å². The molecule has 1 fully saturated rings. The van der Waals surface area contributed by atoms with Crippen molar-refractivity contribution in [3.63, 3.8) is 0 Å². The third-order valence-corrected chi connectivity index (χ3v) is 7.89. The zero-order chi connectivity index (χ0) is 23.6. The maximum Gasteiger partial charge on any atom is 0.416 e. The van der Waals surface area contributed by atoms with E-state index in [1.165, 1.54) is 6.08 Å². The van der Waals surface area contributed by atoms with Gasteiger partial charge < -0.3 is 9.47 Å². The molecule has 0 saturated carbocycles. The Morgan fingerprint density at radius 2 is 1.66 bits per heavy atom. The summed E-state index contributed by atoms with van der Waals surface area (Å²) in [6.07, 6.45) is -4.67. The van der Waals surface area contributed by atoms with Gasteiger partial charge in [0.25, 0.3) is 0 Å². The van der Waals surface area contributed by atoms with E-state index in [1.54, 1.807) is 0 Å². The number of rotatable bonds is 8. The first-order chi connectivity index (χ1) is 15.0. The van der Waals surface area contributed by atoms with Crippen LogP contribution in [-0.4, -0.2) is 27.9 Å². The number of allylic oxidation sites excluding steroid dienone is 1. The minimum atomic E-state index is -4.66. The fourth-order valence-corrected chi connectivity index (χ4v) is 5.90. The van der Waals surface area contributed by atoms with Gasteiger partial charge in [0.2, 0.25) is 0 Å². The topological polar surface area (TPSA) is 52.6 Å². The summed E-state index contributed by atoms with van der Waals surface area (Å²) >= 11 is 0. The van der Waals surface area contributed by atoms with Crippen LogP contribution in [0.2, 0.25) is 0 Å². The first kappa shape index (κ1) is 24.3. The molecule has 1 unspecified atom stereocenters. The molecule has 0 amide bonds. The van der Waals surface area contributed by atoms with Gasteiger partial charge in [-0.15, -0.1) is 6.58 Å². The summed E-state index contributed by atoms with van der Waals surface area (Å²) in [5.74, 6) is -1.82. The Bertz CT molecular complexity index is 1060. The molecule has 174 valence electrons. The van der Waals surface area contributed by atoms with Crippen molar-refractivity contribution in [2.45, 2.75) is 41.4 Å². The average molecular weight is 476 g/mol. The van der Waals surface area contributed by atoms with E-state index in [-0.39, 0.29) is 19.3 Å². The van der Waals surface area contributed by atoms with Gasteiger partial charge in [-0.25, -0.2) is 17.2 Å². The lowest BCUT2D eigenvalue weighted by Crippen LogP contribution is -2.38. The Labute approximate surface area is 182 Å². The summed E-state index contributed by atoms with van der Waals surface area (Å²) in [7, 11) is -4.53. The van der Waals surface area contributed by atoms with Crippen LogP contribution in [0.4, 0.5) is 22.0 Å². The summed E-state index contributed by atoms with van der Waals surface area (Å²) in [5, 5.41) is 0. The average Bonchev–Trinajstić information content (AvgIpc) is 3.26. The summed E-state index contributed by atoms with van der Waals surface area (Å²) in [6.45, 7) is 4.17. The Morgan fingerprint density at radius 3 is 2.22 bits per heavy atom. The third-order valence-electron chi connectivity index (χ3n) is 5.37. The predicted octanol–water partition coefficient (Wildman–Crippen LogP) is 5.38. The molecule has 1 atom stereocenters. The maximum atomic E-state index is 14.9. The molecule has 1 saturated heterocycles. The Hall–Kier alpha value is -2.30. The normalized spacial score (nSPS) is 17.3. The minimum absolute atomic E-state index is 0.0314. The molecule has 1 aliphatic rings. The van der Waals surface area contributed by atoms with Crippen LogP contribution in [0.3, 0.4) is 0 Å². The fourth-order valence-electron chi connectivity index (χ4n) is 3.79. The van der Waals surface area contributed by atoms with Crippen molar-refractivity contribution in [3.8, 4) is 0 Å². The van der Waals surface area contributed by atoms with E-state index in [4.69, 9.17) is 9.47 Å². The number of ether oxygens (including phenoxy) is 2. The minimum Gasteiger partial charge on any atom is -0.350 e. The molecule has 1 aliphatic heterocycles. The molecule has 0 aliphatic carbocycles. The van der Waals surface area contributed by atoms with Crippen molar-refractivity contribution in [3.05, 3.63) is 77.9 Å². The number of benzene rings is 2. The summed E-state index contributed by atoms with van der Waals surface area (Å²) in [5.41, 5.74) is -1.47. The molecule has 10 heteroatoms. The summed E-state index contributed by atoms with van der Waals surface area (Å²) in [6, 6.07) is 5.36. The van der Waals surface area contributed by atoms with Gasteiger partial charge in [0.15, 0.2) is 16.1 Å². The number of halogens is 5. The van der Waals surface area contributed by atoms with Gasteiger partial charge >= 0.3 is 6.18 Å². The lowest BCUT2D eigenvalue weighted by molar-refractivity contribution is -0.137. The molecule has 4 nitrogen and oxygen atoms in total. The van der Waals surface area contributed by atoms with Gasteiger partial charge in [-0.2, -0.15) is 13.2 Å². The van der Waals surface area contributed by atoms with E-state index in [0.29, 0.717) is 25.3 Å². The number of sulfone groups is 1. The molecule has 0 bridgehead atoms. The van der Waals surface area contributed by atoms with E-state index in [0.717, 1.165) is 30.3 Å². The second kappa shape index (κ2) is 9.29. The highest BCUT2D eigenvalue weighted by molar-refractivity contribution is 7.92. The molecule has 1 heterocycles. The Balaban J connectivity index is 2.16. The van der Waals surface area contributed by atoms with E-state index < -0.39 is 54.7 Å². The largest absolute Gasteiger partial charge is 0.416 e. The van der Waals surface area contributed by atoms with Crippen LogP contribution in [0, 0.1) is 11.6 Å². The first-order valence-corrected chi connectivity index (χ1v) is 11.2. The van der Waals surface area contributed by atoms with Crippen LogP contribution in [0.15, 0.2) is 60.0 Å². The Morgan fingerprint density at radius 1 is 1.03 bits per heavy atom. The van der Waals surface area contributed by atoms with Gasteiger partial charge in [-0.3, -0.25) is 0 Å². The second-order valence-electron chi connectivity index (χ2n) is 7.35. The van der Waals surface area contributed by atoms with Crippen LogP contribution in [0.1, 0.15) is 30.4 Å². The maximum absolute atomic E-state index is 14.9. The van der Waals surface area contributed by atoms with Gasteiger partial charge in [-0.05, 0) is 55.3 Å². The SMILES string of the molecule is C=CCC(CCC1OCCO1)(c1cc(F)ccc1F)S(=O)(=O)c1ccc(C(F)(F)F)cc1. The van der Waals surface area contributed by atoms with E-state index in [9.17, 15) is 30.4 Å². The molecular weight excluding hydrogens is 455 g/mol. The molecule has 2 aromatic carbocycles. The molecule has 0 aromatic heterocycles. The predicted molar refractivity (Wildman–Crippen MR) is 106 cm³/mol.